The topological polar surface area (TPSA) is 52.7 Å². The summed E-state index contributed by atoms with van der Waals surface area (Å²) in [6.45, 7) is 1.86. The number of rotatable bonds is 3. The van der Waals surface area contributed by atoms with E-state index < -0.39 is 0 Å². The molecule has 0 aliphatic carbocycles. The molecule has 0 spiro atoms. The maximum atomic E-state index is 8.94. The number of aromatic nitrogens is 1. The zero-order chi connectivity index (χ0) is 11.5. The Hall–Kier alpha value is -1.07. The van der Waals surface area contributed by atoms with Gasteiger partial charge in [0.2, 0.25) is 0 Å². The van der Waals surface area contributed by atoms with Gasteiger partial charge < -0.3 is 19.3 Å². The molecule has 1 aromatic heterocycles. The Labute approximate surface area is 95.7 Å². The zero-order valence-corrected chi connectivity index (χ0v) is 9.89. The summed E-state index contributed by atoms with van der Waals surface area (Å²) in [5.74, 6) is 0. The van der Waals surface area contributed by atoms with Gasteiger partial charge in [-0.15, -0.1) is 0 Å². The third kappa shape index (κ3) is 2.36. The molecule has 2 heterocycles. The zero-order valence-electron chi connectivity index (χ0n) is 9.89. The highest BCUT2D eigenvalue weighted by molar-refractivity contribution is 5.28. The van der Waals surface area contributed by atoms with E-state index in [-0.39, 0.29) is 6.61 Å². The van der Waals surface area contributed by atoms with Gasteiger partial charge in [-0.25, -0.2) is 0 Å². The summed E-state index contributed by atoms with van der Waals surface area (Å²) in [5.41, 5.74) is 0.599. The van der Waals surface area contributed by atoms with Crippen LogP contribution in [0.25, 0.3) is 0 Å². The molecular formula is C11H19N3O2. The molecule has 16 heavy (non-hydrogen) atoms. The number of nitrogens with zero attached hydrogens (tertiary/aromatic N) is 3. The van der Waals surface area contributed by atoms with Crippen molar-refractivity contribution >= 4 is 6.01 Å². The molecular weight excluding hydrogens is 206 g/mol. The Morgan fingerprint density at radius 2 is 2.44 bits per heavy atom. The van der Waals surface area contributed by atoms with E-state index in [1.165, 1.54) is 12.7 Å². The summed E-state index contributed by atoms with van der Waals surface area (Å²) in [6, 6.07) is 1.19. The van der Waals surface area contributed by atoms with Crippen LogP contribution in [0.5, 0.6) is 0 Å². The SMILES string of the molecule is CN(C)C1CCCN(c2nc(CO)co2)C1. The average Bonchev–Trinajstić information content (AvgIpc) is 2.77. The van der Waals surface area contributed by atoms with Crippen LogP contribution in [0.1, 0.15) is 18.5 Å². The molecule has 90 valence electrons. The van der Waals surface area contributed by atoms with Crippen molar-refractivity contribution in [1.82, 2.24) is 9.88 Å². The number of oxazole rings is 1. The van der Waals surface area contributed by atoms with Crippen LogP contribution < -0.4 is 4.90 Å². The summed E-state index contributed by atoms with van der Waals surface area (Å²) >= 11 is 0. The molecule has 1 unspecified atom stereocenters. The molecule has 0 radical (unpaired) electrons. The maximum Gasteiger partial charge on any atom is 0.297 e. The van der Waals surface area contributed by atoms with E-state index in [1.807, 2.05) is 0 Å². The molecule has 0 saturated carbocycles. The lowest BCUT2D eigenvalue weighted by Crippen LogP contribution is -2.45. The van der Waals surface area contributed by atoms with Gasteiger partial charge in [0.15, 0.2) is 0 Å². The van der Waals surface area contributed by atoms with Crippen molar-refractivity contribution < 1.29 is 9.52 Å². The minimum absolute atomic E-state index is 0.0611. The lowest BCUT2D eigenvalue weighted by atomic mass is 10.1. The molecule has 0 bridgehead atoms. The van der Waals surface area contributed by atoms with Crippen LogP contribution in [-0.2, 0) is 6.61 Å². The maximum absolute atomic E-state index is 8.94. The van der Waals surface area contributed by atoms with Gasteiger partial charge in [0.05, 0.1) is 6.61 Å². The summed E-state index contributed by atoms with van der Waals surface area (Å²) in [4.78, 5) is 8.62. The van der Waals surface area contributed by atoms with Gasteiger partial charge in [-0.05, 0) is 26.9 Å². The number of aliphatic hydroxyl groups excluding tert-OH is 1. The van der Waals surface area contributed by atoms with E-state index in [4.69, 9.17) is 9.52 Å². The quantitative estimate of drug-likeness (QED) is 0.820. The fourth-order valence-corrected chi connectivity index (χ4v) is 2.06. The first-order valence-corrected chi connectivity index (χ1v) is 5.67. The Morgan fingerprint density at radius 1 is 1.62 bits per heavy atom. The molecule has 1 aliphatic heterocycles. The normalized spacial score (nSPS) is 21.8. The second kappa shape index (κ2) is 4.84. The molecule has 1 atom stereocenters. The van der Waals surface area contributed by atoms with Gasteiger partial charge in [-0.3, -0.25) is 0 Å². The first-order valence-electron chi connectivity index (χ1n) is 5.67. The monoisotopic (exact) mass is 225 g/mol. The Kier molecular flexibility index (Phi) is 3.46. The molecule has 2 rings (SSSR count). The standard InChI is InChI=1S/C11H19N3O2/c1-13(2)10-4-3-5-14(6-10)11-12-9(7-15)8-16-11/h8,10,15H,3-7H2,1-2H3. The van der Waals surface area contributed by atoms with Gasteiger partial charge in [-0.1, -0.05) is 0 Å². The molecule has 1 aromatic rings. The largest absolute Gasteiger partial charge is 0.432 e. The number of piperidine rings is 1. The van der Waals surface area contributed by atoms with Crippen LogP contribution in [0.15, 0.2) is 10.7 Å². The predicted octanol–water partition coefficient (Wildman–Crippen LogP) is 0.697. The lowest BCUT2D eigenvalue weighted by Gasteiger charge is -2.35. The van der Waals surface area contributed by atoms with Crippen LogP contribution >= 0.6 is 0 Å². The van der Waals surface area contributed by atoms with Gasteiger partial charge >= 0.3 is 0 Å². The van der Waals surface area contributed by atoms with Crippen LogP contribution in [-0.4, -0.2) is 48.2 Å². The van der Waals surface area contributed by atoms with Gasteiger partial charge in [0.1, 0.15) is 12.0 Å². The number of hydrogen-bond acceptors (Lipinski definition) is 5. The Balaban J connectivity index is 2.03. The predicted molar refractivity (Wildman–Crippen MR) is 61.3 cm³/mol. The number of hydrogen-bond donors (Lipinski definition) is 1. The first kappa shape index (κ1) is 11.4. The van der Waals surface area contributed by atoms with Crippen molar-refractivity contribution in [2.75, 3.05) is 32.1 Å². The highest BCUT2D eigenvalue weighted by atomic mass is 16.4. The Morgan fingerprint density at radius 3 is 3.06 bits per heavy atom. The molecule has 1 aliphatic rings. The van der Waals surface area contributed by atoms with Gasteiger partial charge in [0.25, 0.3) is 6.01 Å². The van der Waals surface area contributed by atoms with Crippen molar-refractivity contribution in [3.8, 4) is 0 Å². The first-order chi connectivity index (χ1) is 7.70. The fourth-order valence-electron chi connectivity index (χ4n) is 2.06. The van der Waals surface area contributed by atoms with Crippen LogP contribution in [0.3, 0.4) is 0 Å². The number of anilines is 1. The van der Waals surface area contributed by atoms with Crippen LogP contribution in [0, 0.1) is 0 Å². The van der Waals surface area contributed by atoms with Gasteiger partial charge in [-0.2, -0.15) is 4.98 Å². The second-order valence-electron chi connectivity index (χ2n) is 4.49. The number of likely N-dealkylation sites (N-methyl/N-ethyl adjacent to an activating group) is 1. The molecule has 1 saturated heterocycles. The molecule has 0 aromatic carbocycles. The molecule has 1 fully saturated rings. The average molecular weight is 225 g/mol. The third-order valence-corrected chi connectivity index (χ3v) is 3.10. The molecule has 0 amide bonds. The summed E-state index contributed by atoms with van der Waals surface area (Å²) in [6.07, 6.45) is 3.89. The minimum Gasteiger partial charge on any atom is -0.432 e. The Bertz CT molecular complexity index is 338. The van der Waals surface area contributed by atoms with Crippen molar-refractivity contribution in [3.63, 3.8) is 0 Å². The highest BCUT2D eigenvalue weighted by Gasteiger charge is 2.24. The van der Waals surface area contributed by atoms with Crippen molar-refractivity contribution in [2.24, 2.45) is 0 Å². The van der Waals surface area contributed by atoms with E-state index in [0.717, 1.165) is 19.5 Å². The molecule has 1 N–H and O–H groups in total. The van der Waals surface area contributed by atoms with Crippen LogP contribution in [0.4, 0.5) is 6.01 Å². The van der Waals surface area contributed by atoms with Crippen molar-refractivity contribution in [3.05, 3.63) is 12.0 Å². The smallest absolute Gasteiger partial charge is 0.297 e. The van der Waals surface area contributed by atoms with Crippen LogP contribution in [0.2, 0.25) is 0 Å². The highest BCUT2D eigenvalue weighted by Crippen LogP contribution is 2.20. The van der Waals surface area contributed by atoms with Crippen molar-refractivity contribution in [1.29, 1.82) is 0 Å². The molecule has 5 heteroatoms. The number of aliphatic hydroxyl groups is 1. The second-order valence-corrected chi connectivity index (χ2v) is 4.49. The van der Waals surface area contributed by atoms with E-state index in [0.29, 0.717) is 17.8 Å². The third-order valence-electron chi connectivity index (χ3n) is 3.10. The van der Waals surface area contributed by atoms with Gasteiger partial charge in [0, 0.05) is 19.1 Å². The lowest BCUT2D eigenvalue weighted by molar-refractivity contribution is 0.253. The van der Waals surface area contributed by atoms with E-state index in [1.54, 1.807) is 0 Å². The van der Waals surface area contributed by atoms with E-state index >= 15 is 0 Å². The summed E-state index contributed by atoms with van der Waals surface area (Å²) in [7, 11) is 4.20. The van der Waals surface area contributed by atoms with Crippen molar-refractivity contribution in [2.45, 2.75) is 25.5 Å². The minimum atomic E-state index is -0.0611. The molecule has 5 nitrogen and oxygen atoms in total. The summed E-state index contributed by atoms with van der Waals surface area (Å²) < 4.78 is 5.36. The van der Waals surface area contributed by atoms with E-state index in [2.05, 4.69) is 28.9 Å². The summed E-state index contributed by atoms with van der Waals surface area (Å²) in [5, 5.41) is 8.94. The fraction of sp³-hybridized carbons (Fsp3) is 0.727. The van der Waals surface area contributed by atoms with E-state index in [9.17, 15) is 0 Å².